The fourth-order valence-corrected chi connectivity index (χ4v) is 3.22. The third-order valence-corrected chi connectivity index (χ3v) is 4.50. The van der Waals surface area contributed by atoms with Gasteiger partial charge in [-0.1, -0.05) is 12.1 Å². The molecule has 0 aliphatic heterocycles. The summed E-state index contributed by atoms with van der Waals surface area (Å²) in [5, 5.41) is 6.28. The summed E-state index contributed by atoms with van der Waals surface area (Å²) in [5.41, 5.74) is 5.32. The zero-order valence-electron chi connectivity index (χ0n) is 15.2. The van der Waals surface area contributed by atoms with Crippen molar-refractivity contribution in [2.45, 2.75) is 19.3 Å². The molecule has 25 heavy (non-hydrogen) atoms. The van der Waals surface area contributed by atoms with Crippen LogP contribution in [0.15, 0.2) is 36.4 Å². The summed E-state index contributed by atoms with van der Waals surface area (Å²) in [4.78, 5) is 0. The Morgan fingerprint density at radius 2 is 1.24 bits per heavy atom. The fourth-order valence-electron chi connectivity index (χ4n) is 3.22. The van der Waals surface area contributed by atoms with E-state index in [0.29, 0.717) is 0 Å². The highest BCUT2D eigenvalue weighted by atomic mass is 16.5. The first-order valence-corrected chi connectivity index (χ1v) is 9.13. The predicted octanol–water partition coefficient (Wildman–Crippen LogP) is 3.23. The lowest BCUT2D eigenvalue weighted by molar-refractivity contribution is 0.309. The zero-order valence-corrected chi connectivity index (χ0v) is 15.2. The largest absolute Gasteiger partial charge is 0.494 e. The van der Waals surface area contributed by atoms with E-state index in [1.54, 1.807) is 0 Å². The van der Waals surface area contributed by atoms with Crippen molar-refractivity contribution >= 4 is 0 Å². The summed E-state index contributed by atoms with van der Waals surface area (Å²) in [6.45, 7) is 3.45. The molecule has 0 amide bonds. The molecule has 4 heteroatoms. The number of ether oxygens (including phenoxy) is 2. The zero-order chi connectivity index (χ0) is 17.5. The van der Waals surface area contributed by atoms with Crippen molar-refractivity contribution < 1.29 is 9.47 Å². The van der Waals surface area contributed by atoms with Crippen LogP contribution in [0.2, 0.25) is 0 Å². The van der Waals surface area contributed by atoms with E-state index < -0.39 is 0 Å². The standard InChI is InChI=1S/C21H28N2O2/c1-22-9-3-11-24-18-5-7-20-16(14-18)13-17-15-19(6-8-21(17)20)25-12-4-10-23-2/h5-8,14-15,22-23H,3-4,9-13H2,1-2H3. The second kappa shape index (κ2) is 8.88. The lowest BCUT2D eigenvalue weighted by Crippen LogP contribution is -2.11. The molecule has 0 saturated heterocycles. The summed E-state index contributed by atoms with van der Waals surface area (Å²) in [6.07, 6.45) is 2.98. The van der Waals surface area contributed by atoms with Crippen LogP contribution >= 0.6 is 0 Å². The van der Waals surface area contributed by atoms with Crippen LogP contribution < -0.4 is 20.1 Å². The Bertz CT molecular complexity index is 641. The highest BCUT2D eigenvalue weighted by molar-refractivity contribution is 5.78. The summed E-state index contributed by atoms with van der Waals surface area (Å²) < 4.78 is 11.7. The molecule has 0 heterocycles. The van der Waals surface area contributed by atoms with E-state index in [0.717, 1.165) is 57.1 Å². The maximum absolute atomic E-state index is 5.86. The van der Waals surface area contributed by atoms with Gasteiger partial charge < -0.3 is 20.1 Å². The average Bonchev–Trinajstić information content (AvgIpc) is 2.99. The van der Waals surface area contributed by atoms with Gasteiger partial charge in [0.1, 0.15) is 11.5 Å². The third-order valence-electron chi connectivity index (χ3n) is 4.50. The fraction of sp³-hybridized carbons (Fsp3) is 0.429. The topological polar surface area (TPSA) is 42.5 Å². The first kappa shape index (κ1) is 17.8. The summed E-state index contributed by atoms with van der Waals surface area (Å²) in [5.74, 6) is 1.93. The number of nitrogens with one attached hydrogen (secondary N) is 2. The maximum atomic E-state index is 5.86. The predicted molar refractivity (Wildman–Crippen MR) is 103 cm³/mol. The van der Waals surface area contributed by atoms with Gasteiger partial charge in [0.2, 0.25) is 0 Å². The van der Waals surface area contributed by atoms with Crippen molar-refractivity contribution in [3.8, 4) is 22.6 Å². The monoisotopic (exact) mass is 340 g/mol. The molecule has 0 radical (unpaired) electrons. The Morgan fingerprint density at radius 3 is 1.68 bits per heavy atom. The molecule has 3 rings (SSSR count). The van der Waals surface area contributed by atoms with Gasteiger partial charge in [-0.3, -0.25) is 0 Å². The summed E-state index contributed by atoms with van der Waals surface area (Å²) in [6, 6.07) is 12.9. The van der Waals surface area contributed by atoms with E-state index in [1.165, 1.54) is 22.3 Å². The number of rotatable bonds is 10. The average molecular weight is 340 g/mol. The lowest BCUT2D eigenvalue weighted by Gasteiger charge is -2.09. The lowest BCUT2D eigenvalue weighted by atomic mass is 10.1. The molecule has 0 unspecified atom stereocenters. The molecule has 1 aliphatic carbocycles. The van der Waals surface area contributed by atoms with Crippen LogP contribution in [0.4, 0.5) is 0 Å². The molecule has 2 aromatic carbocycles. The quantitative estimate of drug-likeness (QED) is 0.556. The Morgan fingerprint density at radius 1 is 0.760 bits per heavy atom. The van der Waals surface area contributed by atoms with Crippen molar-refractivity contribution in [3.05, 3.63) is 47.5 Å². The molecule has 0 aromatic heterocycles. The van der Waals surface area contributed by atoms with E-state index in [2.05, 4.69) is 47.0 Å². The van der Waals surface area contributed by atoms with Crippen LogP contribution in [0.1, 0.15) is 24.0 Å². The molecule has 0 atom stereocenters. The van der Waals surface area contributed by atoms with Gasteiger partial charge in [-0.2, -0.15) is 0 Å². The highest BCUT2D eigenvalue weighted by Crippen LogP contribution is 2.39. The SMILES string of the molecule is CNCCCOc1ccc2c(c1)Cc1cc(OCCCNC)ccc1-2. The summed E-state index contributed by atoms with van der Waals surface area (Å²) >= 11 is 0. The van der Waals surface area contributed by atoms with Crippen molar-refractivity contribution in [2.24, 2.45) is 0 Å². The van der Waals surface area contributed by atoms with Gasteiger partial charge in [0.25, 0.3) is 0 Å². The Labute approximate surface area is 150 Å². The van der Waals surface area contributed by atoms with Crippen LogP contribution in [0.3, 0.4) is 0 Å². The normalized spacial score (nSPS) is 11.9. The van der Waals surface area contributed by atoms with Crippen LogP contribution in [-0.4, -0.2) is 40.4 Å². The smallest absolute Gasteiger partial charge is 0.119 e. The molecule has 4 nitrogen and oxygen atoms in total. The van der Waals surface area contributed by atoms with Crippen LogP contribution in [0, 0.1) is 0 Å². The number of benzene rings is 2. The van der Waals surface area contributed by atoms with Gasteiger partial charge in [0.15, 0.2) is 0 Å². The van der Waals surface area contributed by atoms with E-state index in [1.807, 2.05) is 14.1 Å². The highest BCUT2D eigenvalue weighted by Gasteiger charge is 2.19. The van der Waals surface area contributed by atoms with Gasteiger partial charge >= 0.3 is 0 Å². The van der Waals surface area contributed by atoms with Crippen molar-refractivity contribution in [1.82, 2.24) is 10.6 Å². The number of hydrogen-bond donors (Lipinski definition) is 2. The number of hydrogen-bond acceptors (Lipinski definition) is 4. The van der Waals surface area contributed by atoms with Crippen LogP contribution in [0.25, 0.3) is 11.1 Å². The second-order valence-electron chi connectivity index (χ2n) is 6.43. The van der Waals surface area contributed by atoms with E-state index >= 15 is 0 Å². The minimum atomic E-state index is 0.747. The second-order valence-corrected chi connectivity index (χ2v) is 6.43. The molecule has 1 aliphatic rings. The van der Waals surface area contributed by atoms with Crippen molar-refractivity contribution in [2.75, 3.05) is 40.4 Å². The molecular weight excluding hydrogens is 312 g/mol. The van der Waals surface area contributed by atoms with E-state index in [-0.39, 0.29) is 0 Å². The Balaban J connectivity index is 1.63. The third kappa shape index (κ3) is 4.53. The van der Waals surface area contributed by atoms with Gasteiger partial charge in [0.05, 0.1) is 13.2 Å². The first-order chi connectivity index (χ1) is 12.3. The van der Waals surface area contributed by atoms with E-state index in [4.69, 9.17) is 9.47 Å². The molecule has 0 spiro atoms. The molecular formula is C21H28N2O2. The minimum Gasteiger partial charge on any atom is -0.494 e. The molecule has 0 saturated carbocycles. The Kier molecular flexibility index (Phi) is 6.31. The van der Waals surface area contributed by atoms with Crippen molar-refractivity contribution in [1.29, 1.82) is 0 Å². The maximum Gasteiger partial charge on any atom is 0.119 e. The molecule has 2 aromatic rings. The van der Waals surface area contributed by atoms with Gasteiger partial charge in [-0.25, -0.2) is 0 Å². The Hall–Kier alpha value is -2.04. The molecule has 0 bridgehead atoms. The number of fused-ring (bicyclic) bond motifs is 3. The molecule has 2 N–H and O–H groups in total. The first-order valence-electron chi connectivity index (χ1n) is 9.13. The van der Waals surface area contributed by atoms with Crippen LogP contribution in [0.5, 0.6) is 11.5 Å². The van der Waals surface area contributed by atoms with E-state index in [9.17, 15) is 0 Å². The van der Waals surface area contributed by atoms with Gasteiger partial charge in [-0.05, 0) is 93.0 Å². The molecule has 134 valence electrons. The van der Waals surface area contributed by atoms with Gasteiger partial charge in [0, 0.05) is 0 Å². The van der Waals surface area contributed by atoms with Crippen LogP contribution in [-0.2, 0) is 6.42 Å². The summed E-state index contributed by atoms with van der Waals surface area (Å²) in [7, 11) is 3.93. The van der Waals surface area contributed by atoms with Crippen molar-refractivity contribution in [3.63, 3.8) is 0 Å². The minimum absolute atomic E-state index is 0.747. The molecule has 0 fully saturated rings. The van der Waals surface area contributed by atoms with Gasteiger partial charge in [-0.15, -0.1) is 0 Å².